The first-order valence-electron chi connectivity index (χ1n) is 5.19. The monoisotopic (exact) mass is 266 g/mol. The zero-order valence-corrected chi connectivity index (χ0v) is 10.4. The van der Waals surface area contributed by atoms with Crippen LogP contribution < -0.4 is 5.32 Å². The molecule has 0 fully saturated rings. The van der Waals surface area contributed by atoms with Crippen LogP contribution in [0.15, 0.2) is 18.2 Å². The van der Waals surface area contributed by atoms with Crippen LogP contribution in [0.25, 0.3) is 0 Å². The molecule has 0 aliphatic carbocycles. The van der Waals surface area contributed by atoms with Crippen LogP contribution in [0.3, 0.4) is 0 Å². The number of pyridine rings is 1. The smallest absolute Gasteiger partial charge is 0.364 e. The van der Waals surface area contributed by atoms with Crippen LogP contribution in [0.2, 0.25) is 0 Å². The Kier molecular flexibility index (Phi) is 4.25. The Balaban J connectivity index is 2.93. The van der Waals surface area contributed by atoms with Crippen molar-refractivity contribution in [3.8, 4) is 0 Å². The van der Waals surface area contributed by atoms with Crippen LogP contribution in [-0.4, -0.2) is 16.4 Å². The molecule has 0 aromatic carbocycles. The molecule has 1 heterocycles. The van der Waals surface area contributed by atoms with Gasteiger partial charge >= 0.3 is 6.18 Å². The van der Waals surface area contributed by atoms with Crippen LogP contribution in [0.4, 0.5) is 19.0 Å². The summed E-state index contributed by atoms with van der Waals surface area (Å²) < 4.78 is 37.3. The quantitative estimate of drug-likeness (QED) is 0.836. The molecule has 1 aromatic rings. The van der Waals surface area contributed by atoms with E-state index in [-0.39, 0.29) is 5.82 Å². The molecule has 96 valence electrons. The Labute approximate surface area is 103 Å². The molecule has 1 rings (SSSR count). The van der Waals surface area contributed by atoms with Crippen molar-refractivity contribution in [2.75, 3.05) is 11.2 Å². The van der Waals surface area contributed by atoms with Gasteiger partial charge in [-0.3, -0.25) is 0 Å². The Morgan fingerprint density at radius 2 is 2.00 bits per heavy atom. The van der Waals surface area contributed by atoms with Crippen LogP contribution in [0, 0.1) is 0 Å². The van der Waals surface area contributed by atoms with Crippen molar-refractivity contribution in [1.29, 1.82) is 0 Å². The lowest BCUT2D eigenvalue weighted by Gasteiger charge is -2.27. The Bertz CT molecular complexity index is 375. The average Bonchev–Trinajstić information content (AvgIpc) is 2.28. The standard InChI is InChI=1S/C11H14ClF3N2/c1-3-10(2,7-12)17-9-6-4-5-8(16-9)11(13,14)15/h4-6H,3,7H2,1-2H3,(H,16,17). The van der Waals surface area contributed by atoms with Gasteiger partial charge in [0.2, 0.25) is 0 Å². The molecule has 6 heteroatoms. The van der Waals surface area contributed by atoms with Crippen LogP contribution in [0.5, 0.6) is 0 Å². The number of hydrogen-bond donors (Lipinski definition) is 1. The Hall–Kier alpha value is -0.970. The fraction of sp³-hybridized carbons (Fsp3) is 0.545. The molecule has 1 atom stereocenters. The number of hydrogen-bond acceptors (Lipinski definition) is 2. The van der Waals surface area contributed by atoms with Gasteiger partial charge in [-0.2, -0.15) is 13.2 Å². The van der Waals surface area contributed by atoms with Crippen molar-refractivity contribution in [1.82, 2.24) is 4.98 Å². The van der Waals surface area contributed by atoms with Crippen molar-refractivity contribution in [2.24, 2.45) is 0 Å². The SMILES string of the molecule is CCC(C)(CCl)Nc1cccc(C(F)(F)F)n1. The largest absolute Gasteiger partial charge is 0.433 e. The Morgan fingerprint density at radius 1 is 1.35 bits per heavy atom. The summed E-state index contributed by atoms with van der Waals surface area (Å²) in [4.78, 5) is 3.53. The van der Waals surface area contributed by atoms with Crippen molar-refractivity contribution < 1.29 is 13.2 Å². The lowest BCUT2D eigenvalue weighted by molar-refractivity contribution is -0.141. The maximum Gasteiger partial charge on any atom is 0.433 e. The second-order valence-electron chi connectivity index (χ2n) is 4.08. The molecule has 1 aromatic heterocycles. The predicted molar refractivity (Wildman–Crippen MR) is 62.3 cm³/mol. The normalized spacial score (nSPS) is 15.4. The summed E-state index contributed by atoms with van der Waals surface area (Å²) >= 11 is 5.78. The third-order valence-electron chi connectivity index (χ3n) is 2.54. The van der Waals surface area contributed by atoms with Crippen LogP contribution >= 0.6 is 11.6 Å². The van der Waals surface area contributed by atoms with E-state index >= 15 is 0 Å². The molecule has 2 nitrogen and oxygen atoms in total. The number of aromatic nitrogens is 1. The fourth-order valence-electron chi connectivity index (χ4n) is 1.19. The van der Waals surface area contributed by atoms with Gasteiger partial charge in [0.05, 0.1) is 0 Å². The molecular formula is C11H14ClF3N2. The summed E-state index contributed by atoms with van der Waals surface area (Å²) in [5, 5.41) is 2.92. The van der Waals surface area contributed by atoms with Gasteiger partial charge in [-0.25, -0.2) is 4.98 Å². The van der Waals surface area contributed by atoms with Crippen molar-refractivity contribution in [3.05, 3.63) is 23.9 Å². The van der Waals surface area contributed by atoms with E-state index in [1.165, 1.54) is 12.1 Å². The zero-order valence-electron chi connectivity index (χ0n) is 9.61. The minimum Gasteiger partial charge on any atom is -0.364 e. The lowest BCUT2D eigenvalue weighted by Crippen LogP contribution is -2.36. The first kappa shape index (κ1) is 14.1. The summed E-state index contributed by atoms with van der Waals surface area (Å²) in [5.74, 6) is 0.478. The van der Waals surface area contributed by atoms with E-state index in [0.717, 1.165) is 6.07 Å². The number of nitrogens with zero attached hydrogens (tertiary/aromatic N) is 1. The van der Waals surface area contributed by atoms with E-state index in [1.54, 1.807) is 0 Å². The topological polar surface area (TPSA) is 24.9 Å². The number of halogens is 4. The highest BCUT2D eigenvalue weighted by Crippen LogP contribution is 2.29. The molecule has 17 heavy (non-hydrogen) atoms. The van der Waals surface area contributed by atoms with Gasteiger partial charge in [0.25, 0.3) is 0 Å². The highest BCUT2D eigenvalue weighted by atomic mass is 35.5. The molecular weight excluding hydrogens is 253 g/mol. The maximum atomic E-state index is 12.4. The first-order chi connectivity index (χ1) is 7.80. The maximum absolute atomic E-state index is 12.4. The molecule has 0 spiro atoms. The van der Waals surface area contributed by atoms with E-state index in [9.17, 15) is 13.2 Å². The molecule has 0 saturated heterocycles. The molecule has 0 aliphatic heterocycles. The van der Waals surface area contributed by atoms with E-state index in [1.807, 2.05) is 13.8 Å². The van der Waals surface area contributed by atoms with E-state index in [0.29, 0.717) is 12.3 Å². The Morgan fingerprint density at radius 3 is 2.47 bits per heavy atom. The zero-order chi connectivity index (χ0) is 13.1. The summed E-state index contributed by atoms with van der Waals surface area (Å²) in [6, 6.07) is 3.76. The minimum absolute atomic E-state index is 0.185. The lowest BCUT2D eigenvalue weighted by atomic mass is 10.0. The molecule has 0 aliphatic rings. The number of nitrogens with one attached hydrogen (secondary N) is 1. The molecule has 0 radical (unpaired) electrons. The van der Waals surface area contributed by atoms with Crippen molar-refractivity contribution in [3.63, 3.8) is 0 Å². The van der Waals surface area contributed by atoms with E-state index < -0.39 is 17.4 Å². The number of rotatable bonds is 4. The van der Waals surface area contributed by atoms with Gasteiger partial charge in [0, 0.05) is 11.4 Å². The highest BCUT2D eigenvalue weighted by Gasteiger charge is 2.33. The van der Waals surface area contributed by atoms with Gasteiger partial charge in [0.15, 0.2) is 0 Å². The number of alkyl halides is 4. The summed E-state index contributed by atoms with van der Waals surface area (Å²) in [6.45, 7) is 3.74. The van der Waals surface area contributed by atoms with Gasteiger partial charge in [-0.1, -0.05) is 13.0 Å². The first-order valence-corrected chi connectivity index (χ1v) is 5.72. The predicted octanol–water partition coefficient (Wildman–Crippen LogP) is 3.92. The third kappa shape index (κ3) is 3.77. The van der Waals surface area contributed by atoms with Gasteiger partial charge < -0.3 is 5.32 Å². The summed E-state index contributed by atoms with van der Waals surface area (Å²) in [6.07, 6.45) is -3.74. The molecule has 0 saturated carbocycles. The van der Waals surface area contributed by atoms with E-state index in [4.69, 9.17) is 11.6 Å². The second-order valence-corrected chi connectivity index (χ2v) is 4.35. The summed E-state index contributed by atoms with van der Waals surface area (Å²) in [7, 11) is 0. The van der Waals surface area contributed by atoms with E-state index in [2.05, 4.69) is 10.3 Å². The van der Waals surface area contributed by atoms with Crippen molar-refractivity contribution >= 4 is 17.4 Å². The van der Waals surface area contributed by atoms with Crippen LogP contribution in [-0.2, 0) is 6.18 Å². The summed E-state index contributed by atoms with van der Waals surface area (Å²) in [5.41, 5.74) is -1.37. The highest BCUT2D eigenvalue weighted by molar-refractivity contribution is 6.18. The van der Waals surface area contributed by atoms with Crippen molar-refractivity contribution in [2.45, 2.75) is 32.0 Å². The van der Waals surface area contributed by atoms with Gasteiger partial charge in [-0.15, -0.1) is 11.6 Å². The van der Waals surface area contributed by atoms with Crippen LogP contribution in [0.1, 0.15) is 26.0 Å². The average molecular weight is 267 g/mol. The minimum atomic E-state index is -4.43. The molecule has 1 unspecified atom stereocenters. The van der Waals surface area contributed by atoms with Gasteiger partial charge in [0.1, 0.15) is 11.5 Å². The fourth-order valence-corrected chi connectivity index (χ4v) is 1.44. The third-order valence-corrected chi connectivity index (χ3v) is 3.13. The molecule has 1 N–H and O–H groups in total. The molecule has 0 amide bonds. The van der Waals surface area contributed by atoms with Gasteiger partial charge in [-0.05, 0) is 25.5 Å². The second kappa shape index (κ2) is 5.12. The number of anilines is 1. The molecule has 0 bridgehead atoms.